The summed E-state index contributed by atoms with van der Waals surface area (Å²) in [4.78, 5) is 21.9. The molecule has 2 heterocycles. The molecule has 2 aromatic rings. The topological polar surface area (TPSA) is 96.5 Å². The molecule has 7 heteroatoms. The first kappa shape index (κ1) is 9.53. The van der Waals surface area contributed by atoms with Crippen molar-refractivity contribution in [1.29, 1.82) is 0 Å². The van der Waals surface area contributed by atoms with Gasteiger partial charge in [0.25, 0.3) is 5.56 Å². The zero-order chi connectivity index (χ0) is 10.7. The Morgan fingerprint density at radius 2 is 2.33 bits per heavy atom. The molecular weight excluding hydrogens is 198 g/mol. The molecule has 0 amide bonds. The maximum Gasteiger partial charge on any atom is 0.251 e. The number of nitrogens with one attached hydrogen (secondary N) is 2. The molecule has 0 saturated carbocycles. The normalized spacial score (nSPS) is 10.5. The molecule has 0 saturated heterocycles. The predicted octanol–water partition coefficient (Wildman–Crippen LogP) is -0.299. The van der Waals surface area contributed by atoms with E-state index in [1.165, 1.54) is 19.5 Å². The molecule has 0 atom stereocenters. The van der Waals surface area contributed by atoms with Crippen molar-refractivity contribution in [1.82, 2.24) is 25.1 Å². The van der Waals surface area contributed by atoms with Gasteiger partial charge in [0.2, 0.25) is 0 Å². The van der Waals surface area contributed by atoms with Crippen LogP contribution in [0.4, 0.5) is 0 Å². The average molecular weight is 207 g/mol. The molecule has 0 aliphatic heterocycles. The first-order valence-electron chi connectivity index (χ1n) is 4.24. The number of aromatic nitrogens is 5. The van der Waals surface area contributed by atoms with Gasteiger partial charge in [0.05, 0.1) is 12.3 Å². The standard InChI is InChI=1S/C8H9N5O2/c1-15-3-5-2-6(14)12-8(11-5)7-9-4-10-13-7/h2,4H,3H2,1H3,(H,9,10,13)(H,11,12,14). The van der Waals surface area contributed by atoms with Crippen LogP contribution in [0, 0.1) is 0 Å². The smallest absolute Gasteiger partial charge is 0.251 e. The predicted molar refractivity (Wildman–Crippen MR) is 50.9 cm³/mol. The molecule has 0 radical (unpaired) electrons. The Morgan fingerprint density at radius 1 is 1.47 bits per heavy atom. The van der Waals surface area contributed by atoms with Crippen LogP contribution in [0.15, 0.2) is 17.2 Å². The lowest BCUT2D eigenvalue weighted by Crippen LogP contribution is -2.11. The van der Waals surface area contributed by atoms with Crippen LogP contribution < -0.4 is 5.56 Å². The largest absolute Gasteiger partial charge is 0.378 e. The third kappa shape index (κ3) is 2.08. The van der Waals surface area contributed by atoms with E-state index in [1.54, 1.807) is 0 Å². The first-order valence-corrected chi connectivity index (χ1v) is 4.24. The lowest BCUT2D eigenvalue weighted by atomic mass is 10.4. The van der Waals surface area contributed by atoms with Gasteiger partial charge < -0.3 is 9.72 Å². The molecule has 0 spiro atoms. The highest BCUT2D eigenvalue weighted by atomic mass is 16.5. The summed E-state index contributed by atoms with van der Waals surface area (Å²) >= 11 is 0. The molecule has 7 nitrogen and oxygen atoms in total. The average Bonchev–Trinajstić information content (AvgIpc) is 2.70. The van der Waals surface area contributed by atoms with Gasteiger partial charge in [0.1, 0.15) is 6.33 Å². The van der Waals surface area contributed by atoms with Crippen LogP contribution in [0.2, 0.25) is 0 Å². The third-order valence-corrected chi connectivity index (χ3v) is 1.73. The Balaban J connectivity index is 2.44. The highest BCUT2D eigenvalue weighted by molar-refractivity contribution is 5.40. The van der Waals surface area contributed by atoms with Crippen molar-refractivity contribution < 1.29 is 4.74 Å². The van der Waals surface area contributed by atoms with Crippen molar-refractivity contribution in [2.75, 3.05) is 7.11 Å². The molecule has 2 aromatic heterocycles. The number of hydrogen-bond acceptors (Lipinski definition) is 5. The minimum absolute atomic E-state index is 0.247. The van der Waals surface area contributed by atoms with E-state index < -0.39 is 0 Å². The fraction of sp³-hybridized carbons (Fsp3) is 0.250. The van der Waals surface area contributed by atoms with Crippen LogP contribution in [0.3, 0.4) is 0 Å². The summed E-state index contributed by atoms with van der Waals surface area (Å²) in [7, 11) is 1.54. The van der Waals surface area contributed by atoms with Gasteiger partial charge in [0, 0.05) is 13.2 Å². The van der Waals surface area contributed by atoms with Gasteiger partial charge in [-0.3, -0.25) is 9.89 Å². The molecule has 0 aromatic carbocycles. The van der Waals surface area contributed by atoms with Gasteiger partial charge in [-0.15, -0.1) is 0 Å². The van der Waals surface area contributed by atoms with Crippen molar-refractivity contribution in [3.8, 4) is 11.6 Å². The molecule has 0 aliphatic carbocycles. The summed E-state index contributed by atoms with van der Waals surface area (Å²) in [6.07, 6.45) is 1.35. The van der Waals surface area contributed by atoms with E-state index in [9.17, 15) is 4.79 Å². The monoisotopic (exact) mass is 207 g/mol. The summed E-state index contributed by atoms with van der Waals surface area (Å²) < 4.78 is 4.89. The van der Waals surface area contributed by atoms with Gasteiger partial charge in [-0.2, -0.15) is 5.10 Å². The van der Waals surface area contributed by atoms with Crippen molar-refractivity contribution in [2.24, 2.45) is 0 Å². The molecule has 0 unspecified atom stereocenters. The number of nitrogens with zero attached hydrogens (tertiary/aromatic N) is 3. The van der Waals surface area contributed by atoms with Crippen molar-refractivity contribution >= 4 is 0 Å². The van der Waals surface area contributed by atoms with Gasteiger partial charge in [-0.05, 0) is 0 Å². The van der Waals surface area contributed by atoms with Crippen LogP contribution >= 0.6 is 0 Å². The fourth-order valence-corrected chi connectivity index (χ4v) is 1.16. The summed E-state index contributed by atoms with van der Waals surface area (Å²) in [5, 5.41) is 6.29. The second-order valence-electron chi connectivity index (χ2n) is 2.85. The minimum atomic E-state index is -0.247. The number of H-pyrrole nitrogens is 2. The maximum absolute atomic E-state index is 11.3. The van der Waals surface area contributed by atoms with E-state index >= 15 is 0 Å². The number of ether oxygens (including phenoxy) is 1. The summed E-state index contributed by atoms with van der Waals surface area (Å²) in [5.41, 5.74) is 0.302. The Bertz CT molecular complexity index is 490. The molecular formula is C8H9N5O2. The zero-order valence-corrected chi connectivity index (χ0v) is 8.02. The van der Waals surface area contributed by atoms with E-state index in [2.05, 4.69) is 25.1 Å². The van der Waals surface area contributed by atoms with Gasteiger partial charge >= 0.3 is 0 Å². The van der Waals surface area contributed by atoms with E-state index in [4.69, 9.17) is 4.74 Å². The second-order valence-corrected chi connectivity index (χ2v) is 2.85. The van der Waals surface area contributed by atoms with E-state index in [0.29, 0.717) is 17.3 Å². The summed E-state index contributed by atoms with van der Waals surface area (Å²) in [6, 6.07) is 1.38. The van der Waals surface area contributed by atoms with E-state index in [-0.39, 0.29) is 12.2 Å². The van der Waals surface area contributed by atoms with E-state index in [0.717, 1.165) is 0 Å². The Kier molecular flexibility index (Phi) is 2.55. The number of rotatable bonds is 3. The van der Waals surface area contributed by atoms with Gasteiger partial charge in [-0.25, -0.2) is 9.97 Å². The molecule has 0 bridgehead atoms. The molecule has 0 aliphatic rings. The molecule has 2 N–H and O–H groups in total. The van der Waals surface area contributed by atoms with Crippen LogP contribution in [0.5, 0.6) is 0 Å². The number of methoxy groups -OCH3 is 1. The minimum Gasteiger partial charge on any atom is -0.378 e. The van der Waals surface area contributed by atoms with Crippen molar-refractivity contribution in [2.45, 2.75) is 6.61 Å². The van der Waals surface area contributed by atoms with Gasteiger partial charge in [0.15, 0.2) is 11.6 Å². The quantitative estimate of drug-likeness (QED) is 0.720. The Labute approximate surface area is 84.5 Å². The fourth-order valence-electron chi connectivity index (χ4n) is 1.16. The Hall–Kier alpha value is -2.02. The molecule has 2 rings (SSSR count). The molecule has 78 valence electrons. The summed E-state index contributed by atoms with van der Waals surface area (Å²) in [5.74, 6) is 0.775. The lowest BCUT2D eigenvalue weighted by Gasteiger charge is -2.00. The van der Waals surface area contributed by atoms with Crippen LogP contribution in [-0.4, -0.2) is 32.3 Å². The van der Waals surface area contributed by atoms with E-state index in [1.807, 2.05) is 0 Å². The molecule has 15 heavy (non-hydrogen) atoms. The summed E-state index contributed by atoms with van der Waals surface area (Å²) in [6.45, 7) is 0.283. The highest BCUT2D eigenvalue weighted by Gasteiger charge is 2.05. The molecule has 0 fully saturated rings. The van der Waals surface area contributed by atoms with Crippen molar-refractivity contribution in [3.05, 3.63) is 28.4 Å². The Morgan fingerprint density at radius 3 is 3.00 bits per heavy atom. The third-order valence-electron chi connectivity index (χ3n) is 1.73. The maximum atomic E-state index is 11.3. The number of hydrogen-bond donors (Lipinski definition) is 2. The SMILES string of the molecule is COCc1cc(=O)[nH]c(-c2ncn[nH]2)n1. The first-order chi connectivity index (χ1) is 7.29. The van der Waals surface area contributed by atoms with Gasteiger partial charge in [-0.1, -0.05) is 0 Å². The van der Waals surface area contributed by atoms with Crippen LogP contribution in [-0.2, 0) is 11.3 Å². The zero-order valence-electron chi connectivity index (χ0n) is 8.02. The van der Waals surface area contributed by atoms with Crippen molar-refractivity contribution in [3.63, 3.8) is 0 Å². The van der Waals surface area contributed by atoms with Crippen LogP contribution in [0.1, 0.15) is 5.69 Å². The lowest BCUT2D eigenvalue weighted by molar-refractivity contribution is 0.181. The highest BCUT2D eigenvalue weighted by Crippen LogP contribution is 2.05. The van der Waals surface area contributed by atoms with Crippen LogP contribution in [0.25, 0.3) is 11.6 Å². The second kappa shape index (κ2) is 4.01. The number of aromatic amines is 2.